The molecular formula is C17H16O5. The maximum atomic E-state index is 12.0. The molecule has 0 saturated heterocycles. The molecule has 0 heterocycles. The summed E-state index contributed by atoms with van der Waals surface area (Å²) < 4.78 is 15.3. The molecule has 2 rings (SSSR count). The lowest BCUT2D eigenvalue weighted by Crippen LogP contribution is -2.24. The Bertz CT molecular complexity index is 651. The third kappa shape index (κ3) is 4.09. The van der Waals surface area contributed by atoms with Crippen LogP contribution in [0.4, 0.5) is 0 Å². The van der Waals surface area contributed by atoms with Crippen molar-refractivity contribution in [2.45, 2.75) is 13.0 Å². The lowest BCUT2D eigenvalue weighted by atomic mass is 10.2. The summed E-state index contributed by atoms with van der Waals surface area (Å²) in [5, 5.41) is 0. The molecular weight excluding hydrogens is 284 g/mol. The Balaban J connectivity index is 2.05. The standard InChI is InChI=1S/C17H16O5/c1-12(16(18)20-2)21-14-9-6-10-15(11-14)22-17(19)13-7-4-3-5-8-13/h3-12H,1-2H3/t12-/m0/s1. The smallest absolute Gasteiger partial charge is 0.346 e. The Morgan fingerprint density at radius 3 is 2.32 bits per heavy atom. The van der Waals surface area contributed by atoms with Crippen LogP contribution in [-0.4, -0.2) is 25.2 Å². The van der Waals surface area contributed by atoms with Crippen LogP contribution in [0.25, 0.3) is 0 Å². The van der Waals surface area contributed by atoms with Gasteiger partial charge in [0, 0.05) is 6.07 Å². The van der Waals surface area contributed by atoms with Crippen LogP contribution in [0.2, 0.25) is 0 Å². The molecule has 5 heteroatoms. The van der Waals surface area contributed by atoms with Crippen LogP contribution in [0.15, 0.2) is 54.6 Å². The zero-order chi connectivity index (χ0) is 15.9. The lowest BCUT2D eigenvalue weighted by Gasteiger charge is -2.13. The van der Waals surface area contributed by atoms with Gasteiger partial charge in [0.2, 0.25) is 0 Å². The second kappa shape index (κ2) is 7.26. The molecule has 0 radical (unpaired) electrons. The molecule has 0 fully saturated rings. The topological polar surface area (TPSA) is 61.8 Å². The van der Waals surface area contributed by atoms with E-state index in [4.69, 9.17) is 9.47 Å². The van der Waals surface area contributed by atoms with E-state index in [0.717, 1.165) is 0 Å². The van der Waals surface area contributed by atoms with Crippen molar-refractivity contribution in [2.24, 2.45) is 0 Å². The highest BCUT2D eigenvalue weighted by Crippen LogP contribution is 2.21. The van der Waals surface area contributed by atoms with E-state index in [9.17, 15) is 9.59 Å². The van der Waals surface area contributed by atoms with E-state index >= 15 is 0 Å². The minimum absolute atomic E-state index is 0.336. The van der Waals surface area contributed by atoms with E-state index in [1.807, 2.05) is 6.07 Å². The van der Waals surface area contributed by atoms with Gasteiger partial charge in [-0.15, -0.1) is 0 Å². The summed E-state index contributed by atoms with van der Waals surface area (Å²) in [6, 6.07) is 15.2. The molecule has 0 aliphatic carbocycles. The maximum absolute atomic E-state index is 12.0. The van der Waals surface area contributed by atoms with Crippen LogP contribution in [-0.2, 0) is 9.53 Å². The minimum Gasteiger partial charge on any atom is -0.479 e. The van der Waals surface area contributed by atoms with Crippen molar-refractivity contribution in [1.29, 1.82) is 0 Å². The van der Waals surface area contributed by atoms with Gasteiger partial charge in [0.25, 0.3) is 0 Å². The number of rotatable bonds is 5. The molecule has 0 amide bonds. The fourth-order valence-corrected chi connectivity index (χ4v) is 1.77. The van der Waals surface area contributed by atoms with E-state index in [1.165, 1.54) is 7.11 Å². The highest BCUT2D eigenvalue weighted by atomic mass is 16.6. The first-order valence-electron chi connectivity index (χ1n) is 6.72. The van der Waals surface area contributed by atoms with Crippen LogP contribution < -0.4 is 9.47 Å². The molecule has 22 heavy (non-hydrogen) atoms. The molecule has 2 aromatic carbocycles. The average molecular weight is 300 g/mol. The van der Waals surface area contributed by atoms with E-state index in [2.05, 4.69) is 4.74 Å². The number of hydrogen-bond acceptors (Lipinski definition) is 5. The van der Waals surface area contributed by atoms with Crippen LogP contribution >= 0.6 is 0 Å². The van der Waals surface area contributed by atoms with Gasteiger partial charge < -0.3 is 14.2 Å². The summed E-state index contributed by atoms with van der Waals surface area (Å²) in [6.45, 7) is 1.58. The molecule has 0 aromatic heterocycles. The van der Waals surface area contributed by atoms with E-state index in [0.29, 0.717) is 17.1 Å². The minimum atomic E-state index is -0.745. The summed E-state index contributed by atoms with van der Waals surface area (Å²) in [5.74, 6) is -0.190. The predicted molar refractivity (Wildman–Crippen MR) is 79.9 cm³/mol. The Kier molecular flexibility index (Phi) is 5.14. The van der Waals surface area contributed by atoms with Gasteiger partial charge in [0.05, 0.1) is 12.7 Å². The fourth-order valence-electron chi connectivity index (χ4n) is 1.77. The first kappa shape index (κ1) is 15.6. The predicted octanol–water partition coefficient (Wildman–Crippen LogP) is 2.85. The lowest BCUT2D eigenvalue weighted by molar-refractivity contribution is -0.147. The zero-order valence-electron chi connectivity index (χ0n) is 12.3. The largest absolute Gasteiger partial charge is 0.479 e. The zero-order valence-corrected chi connectivity index (χ0v) is 12.3. The summed E-state index contributed by atoms with van der Waals surface area (Å²) in [5.41, 5.74) is 0.455. The molecule has 0 unspecified atom stereocenters. The highest BCUT2D eigenvalue weighted by molar-refractivity contribution is 5.91. The number of esters is 2. The molecule has 0 aliphatic heterocycles. The molecule has 0 saturated carbocycles. The monoisotopic (exact) mass is 300 g/mol. The van der Waals surface area contributed by atoms with Crippen molar-refractivity contribution in [1.82, 2.24) is 0 Å². The molecule has 114 valence electrons. The van der Waals surface area contributed by atoms with Gasteiger partial charge in [-0.25, -0.2) is 9.59 Å². The normalized spacial score (nSPS) is 11.4. The second-order valence-corrected chi connectivity index (χ2v) is 4.51. The first-order valence-corrected chi connectivity index (χ1v) is 6.72. The first-order chi connectivity index (χ1) is 10.6. The van der Waals surface area contributed by atoms with Crippen LogP contribution in [0.5, 0.6) is 11.5 Å². The third-order valence-electron chi connectivity index (χ3n) is 2.87. The molecule has 0 N–H and O–H groups in total. The van der Waals surface area contributed by atoms with E-state index < -0.39 is 18.0 Å². The molecule has 0 spiro atoms. The summed E-state index contributed by atoms with van der Waals surface area (Å²) >= 11 is 0. The van der Waals surface area contributed by atoms with Gasteiger partial charge in [0.1, 0.15) is 11.5 Å². The van der Waals surface area contributed by atoms with Crippen LogP contribution in [0.1, 0.15) is 17.3 Å². The van der Waals surface area contributed by atoms with Gasteiger partial charge >= 0.3 is 11.9 Å². The number of carbonyl (C=O) groups is 2. The van der Waals surface area contributed by atoms with Gasteiger partial charge in [-0.05, 0) is 31.2 Å². The highest BCUT2D eigenvalue weighted by Gasteiger charge is 2.15. The molecule has 5 nitrogen and oxygen atoms in total. The molecule has 0 aliphatic rings. The Labute approximate surface area is 128 Å². The van der Waals surface area contributed by atoms with E-state index in [1.54, 1.807) is 55.5 Å². The number of ether oxygens (including phenoxy) is 3. The Hall–Kier alpha value is -2.82. The van der Waals surface area contributed by atoms with Crippen molar-refractivity contribution in [3.63, 3.8) is 0 Å². The SMILES string of the molecule is COC(=O)[C@H](C)Oc1cccc(OC(=O)c2ccccc2)c1. The number of hydrogen-bond donors (Lipinski definition) is 0. The third-order valence-corrected chi connectivity index (χ3v) is 2.87. The molecule has 0 bridgehead atoms. The van der Waals surface area contributed by atoms with E-state index in [-0.39, 0.29) is 0 Å². The van der Waals surface area contributed by atoms with Gasteiger partial charge in [-0.1, -0.05) is 24.3 Å². The quantitative estimate of drug-likeness (QED) is 0.627. The fraction of sp³-hybridized carbons (Fsp3) is 0.176. The number of carbonyl (C=O) groups excluding carboxylic acids is 2. The summed E-state index contributed by atoms with van der Waals surface area (Å²) in [7, 11) is 1.29. The van der Waals surface area contributed by atoms with Crippen LogP contribution in [0.3, 0.4) is 0 Å². The van der Waals surface area contributed by atoms with Crippen molar-refractivity contribution in [2.75, 3.05) is 7.11 Å². The Morgan fingerprint density at radius 1 is 0.955 bits per heavy atom. The van der Waals surface area contributed by atoms with Gasteiger partial charge in [0.15, 0.2) is 6.10 Å². The van der Waals surface area contributed by atoms with Gasteiger partial charge in [-0.2, -0.15) is 0 Å². The Morgan fingerprint density at radius 2 is 1.64 bits per heavy atom. The van der Waals surface area contributed by atoms with Crippen molar-refractivity contribution < 1.29 is 23.8 Å². The summed E-state index contributed by atoms with van der Waals surface area (Å²) in [6.07, 6.45) is -0.745. The molecule has 2 aromatic rings. The maximum Gasteiger partial charge on any atom is 0.346 e. The number of benzene rings is 2. The number of methoxy groups -OCH3 is 1. The van der Waals surface area contributed by atoms with Crippen molar-refractivity contribution in [3.05, 3.63) is 60.2 Å². The van der Waals surface area contributed by atoms with Crippen LogP contribution in [0, 0.1) is 0 Å². The van der Waals surface area contributed by atoms with Crippen molar-refractivity contribution in [3.8, 4) is 11.5 Å². The second-order valence-electron chi connectivity index (χ2n) is 4.51. The molecule has 1 atom stereocenters. The van der Waals surface area contributed by atoms with Crippen molar-refractivity contribution >= 4 is 11.9 Å². The summed E-state index contributed by atoms with van der Waals surface area (Å²) in [4.78, 5) is 23.3. The average Bonchev–Trinajstić information content (AvgIpc) is 2.55. The van der Waals surface area contributed by atoms with Gasteiger partial charge in [-0.3, -0.25) is 0 Å².